The van der Waals surface area contributed by atoms with Crippen LogP contribution in [-0.2, 0) is 0 Å². The highest BCUT2D eigenvalue weighted by Crippen LogP contribution is 2.19. The van der Waals surface area contributed by atoms with Crippen molar-refractivity contribution in [2.45, 2.75) is 25.9 Å². The first kappa shape index (κ1) is 14.5. The van der Waals surface area contributed by atoms with E-state index in [9.17, 15) is 0 Å². The molecule has 1 saturated heterocycles. The molecule has 19 heavy (non-hydrogen) atoms. The van der Waals surface area contributed by atoms with Gasteiger partial charge >= 0.3 is 0 Å². The largest absolute Gasteiger partial charge is 0.472 e. The normalized spacial score (nSPS) is 24.1. The fourth-order valence-electron chi connectivity index (χ4n) is 3.07. The van der Waals surface area contributed by atoms with E-state index in [1.165, 1.54) is 5.56 Å². The molecule has 0 spiro atoms. The van der Waals surface area contributed by atoms with Crippen LogP contribution in [0.3, 0.4) is 0 Å². The van der Waals surface area contributed by atoms with Crippen LogP contribution in [0.2, 0.25) is 0 Å². The molecule has 1 heterocycles. The van der Waals surface area contributed by atoms with E-state index in [0.29, 0.717) is 18.0 Å². The second kappa shape index (κ2) is 7.04. The highest BCUT2D eigenvalue weighted by molar-refractivity contribution is 5.17. The van der Waals surface area contributed by atoms with Gasteiger partial charge in [-0.15, -0.1) is 0 Å². The van der Waals surface area contributed by atoms with Crippen LogP contribution in [0.15, 0.2) is 30.3 Å². The van der Waals surface area contributed by atoms with E-state index in [0.717, 1.165) is 26.2 Å². The molecule has 1 aliphatic rings. The minimum atomic E-state index is 0.450. The van der Waals surface area contributed by atoms with Crippen molar-refractivity contribution in [2.24, 2.45) is 5.92 Å². The summed E-state index contributed by atoms with van der Waals surface area (Å²) in [5.41, 5.74) is 1.38. The van der Waals surface area contributed by atoms with Crippen LogP contribution in [-0.4, -0.2) is 37.1 Å². The number of nitrogens with two attached hydrogens (primary N) is 1. The third-order valence-corrected chi connectivity index (χ3v) is 4.05. The molecule has 0 bridgehead atoms. The molecule has 0 radical (unpaired) electrons. The fraction of sp³-hybridized carbons (Fsp3) is 0.562. The first-order valence-corrected chi connectivity index (χ1v) is 7.34. The molecule has 0 aromatic heterocycles. The summed E-state index contributed by atoms with van der Waals surface area (Å²) in [5, 5.41) is 5.60. The molecule has 0 saturated carbocycles. The van der Waals surface area contributed by atoms with E-state index < -0.39 is 0 Å². The maximum Gasteiger partial charge on any atom is 0.0914 e. The SMILES string of the molecule is [CH2-][NH2+][C@@H](c1ccccc1)[C@@H](C)CN1CCN[C@H](C)C1. The Kier molecular flexibility index (Phi) is 5.37. The Morgan fingerprint density at radius 2 is 2.16 bits per heavy atom. The highest BCUT2D eigenvalue weighted by Gasteiger charge is 2.23. The monoisotopic (exact) mass is 261 g/mol. The summed E-state index contributed by atoms with van der Waals surface area (Å²) >= 11 is 0. The van der Waals surface area contributed by atoms with Crippen LogP contribution in [0.1, 0.15) is 25.5 Å². The van der Waals surface area contributed by atoms with Gasteiger partial charge in [-0.1, -0.05) is 37.3 Å². The zero-order valence-electron chi connectivity index (χ0n) is 12.2. The molecular weight excluding hydrogens is 234 g/mol. The average molecular weight is 261 g/mol. The molecule has 1 fully saturated rings. The lowest BCUT2D eigenvalue weighted by Gasteiger charge is -2.35. The number of hydrogen-bond acceptors (Lipinski definition) is 2. The van der Waals surface area contributed by atoms with E-state index in [1.807, 2.05) is 0 Å². The fourth-order valence-corrected chi connectivity index (χ4v) is 3.07. The second-order valence-electron chi connectivity index (χ2n) is 5.76. The van der Waals surface area contributed by atoms with Gasteiger partial charge in [-0.2, -0.15) is 7.05 Å². The summed E-state index contributed by atoms with van der Waals surface area (Å²) in [4.78, 5) is 2.57. The number of rotatable bonds is 5. The van der Waals surface area contributed by atoms with Crippen LogP contribution in [0, 0.1) is 13.0 Å². The molecule has 106 valence electrons. The topological polar surface area (TPSA) is 31.9 Å². The van der Waals surface area contributed by atoms with Crippen molar-refractivity contribution in [3.63, 3.8) is 0 Å². The number of nitrogens with one attached hydrogen (secondary N) is 1. The Balaban J connectivity index is 1.95. The van der Waals surface area contributed by atoms with Gasteiger partial charge in [0.25, 0.3) is 0 Å². The van der Waals surface area contributed by atoms with E-state index in [1.54, 1.807) is 0 Å². The standard InChI is InChI=1S/C16H27N3/c1-13(11-19-10-9-18-14(2)12-19)16(17-3)15-7-5-4-6-8-15/h4-8,13-14,16,18H,3,9-12,17H2,1-2H3/t13-,14+,16+/m0/s1. The quantitative estimate of drug-likeness (QED) is 0.775. The third-order valence-electron chi connectivity index (χ3n) is 4.05. The Labute approximate surface area is 117 Å². The average Bonchev–Trinajstić information content (AvgIpc) is 2.41. The Morgan fingerprint density at radius 3 is 2.79 bits per heavy atom. The Bertz CT molecular complexity index is 366. The van der Waals surface area contributed by atoms with Crippen LogP contribution >= 0.6 is 0 Å². The zero-order chi connectivity index (χ0) is 13.7. The smallest absolute Gasteiger partial charge is 0.0914 e. The Morgan fingerprint density at radius 1 is 1.42 bits per heavy atom. The minimum absolute atomic E-state index is 0.450. The van der Waals surface area contributed by atoms with Crippen molar-refractivity contribution in [2.75, 3.05) is 26.2 Å². The van der Waals surface area contributed by atoms with Gasteiger partial charge in [-0.25, -0.2) is 0 Å². The molecule has 3 N–H and O–H groups in total. The molecule has 2 rings (SSSR count). The van der Waals surface area contributed by atoms with E-state index >= 15 is 0 Å². The van der Waals surface area contributed by atoms with Crippen molar-refractivity contribution in [1.82, 2.24) is 10.2 Å². The van der Waals surface area contributed by atoms with E-state index in [-0.39, 0.29) is 0 Å². The number of quaternary nitrogens is 1. The highest BCUT2D eigenvalue weighted by atomic mass is 15.2. The number of hydrogen-bond donors (Lipinski definition) is 2. The molecule has 1 aliphatic heterocycles. The van der Waals surface area contributed by atoms with E-state index in [2.05, 4.69) is 66.8 Å². The minimum Gasteiger partial charge on any atom is -0.472 e. The van der Waals surface area contributed by atoms with Gasteiger partial charge in [-0.05, 0) is 6.92 Å². The molecule has 1 aromatic carbocycles. The van der Waals surface area contributed by atoms with Crippen LogP contribution in [0.4, 0.5) is 0 Å². The molecular formula is C16H27N3. The molecule has 0 amide bonds. The lowest BCUT2D eigenvalue weighted by Crippen LogP contribution is -2.80. The summed E-state index contributed by atoms with van der Waals surface area (Å²) in [6, 6.07) is 11.8. The van der Waals surface area contributed by atoms with Crippen molar-refractivity contribution in [3.8, 4) is 0 Å². The van der Waals surface area contributed by atoms with Gasteiger partial charge in [0.1, 0.15) is 0 Å². The maximum absolute atomic E-state index is 4.04. The number of benzene rings is 1. The molecule has 3 nitrogen and oxygen atoms in total. The number of nitrogens with zero attached hydrogens (tertiary/aromatic N) is 1. The molecule has 0 unspecified atom stereocenters. The van der Waals surface area contributed by atoms with Crippen molar-refractivity contribution in [3.05, 3.63) is 42.9 Å². The zero-order valence-corrected chi connectivity index (χ0v) is 12.2. The van der Waals surface area contributed by atoms with Crippen LogP contribution < -0.4 is 10.6 Å². The van der Waals surface area contributed by atoms with Gasteiger partial charge in [-0.3, -0.25) is 0 Å². The molecule has 1 aromatic rings. The van der Waals surface area contributed by atoms with Crippen LogP contribution in [0.5, 0.6) is 0 Å². The van der Waals surface area contributed by atoms with Gasteiger partial charge in [0.2, 0.25) is 0 Å². The van der Waals surface area contributed by atoms with Gasteiger partial charge in [0.15, 0.2) is 0 Å². The molecule has 0 aliphatic carbocycles. The third kappa shape index (κ3) is 4.03. The van der Waals surface area contributed by atoms with Crippen LogP contribution in [0.25, 0.3) is 0 Å². The summed E-state index contributed by atoms with van der Waals surface area (Å²) in [6.07, 6.45) is 0. The van der Waals surface area contributed by atoms with Gasteiger partial charge in [0, 0.05) is 43.7 Å². The van der Waals surface area contributed by atoms with Gasteiger partial charge in [0.05, 0.1) is 6.04 Å². The van der Waals surface area contributed by atoms with Gasteiger partial charge < -0.3 is 15.5 Å². The van der Waals surface area contributed by atoms with Crippen molar-refractivity contribution < 1.29 is 5.32 Å². The lowest BCUT2D eigenvalue weighted by atomic mass is 9.94. The van der Waals surface area contributed by atoms with Crippen molar-refractivity contribution in [1.29, 1.82) is 0 Å². The summed E-state index contributed by atoms with van der Waals surface area (Å²) in [7, 11) is 4.04. The Hall–Kier alpha value is -0.900. The maximum atomic E-state index is 4.04. The predicted molar refractivity (Wildman–Crippen MR) is 79.5 cm³/mol. The summed E-state index contributed by atoms with van der Waals surface area (Å²) in [5.74, 6) is 0.602. The summed E-state index contributed by atoms with van der Waals surface area (Å²) < 4.78 is 0. The van der Waals surface area contributed by atoms with E-state index in [4.69, 9.17) is 0 Å². The summed E-state index contributed by atoms with van der Waals surface area (Å²) in [6.45, 7) is 9.18. The lowest BCUT2D eigenvalue weighted by molar-refractivity contribution is -0.648. The number of piperazine rings is 1. The molecule has 3 atom stereocenters. The first-order valence-electron chi connectivity index (χ1n) is 7.34. The van der Waals surface area contributed by atoms with Crippen molar-refractivity contribution >= 4 is 0 Å². The molecule has 3 heteroatoms. The predicted octanol–water partition coefficient (Wildman–Crippen LogP) is 1.01. The first-order chi connectivity index (χ1) is 9.20. The second-order valence-corrected chi connectivity index (χ2v) is 5.76.